The van der Waals surface area contributed by atoms with Gasteiger partial charge in [-0.05, 0) is 38.5 Å². The van der Waals surface area contributed by atoms with Gasteiger partial charge in [-0.25, -0.2) is 4.98 Å². The van der Waals surface area contributed by atoms with Gasteiger partial charge in [-0.3, -0.25) is 0 Å². The number of hydrogen-bond acceptors (Lipinski definition) is 4. The fourth-order valence-corrected chi connectivity index (χ4v) is 2.26. The molecule has 0 aromatic carbocycles. The minimum Gasteiger partial charge on any atom is -0.377 e. The van der Waals surface area contributed by atoms with Crippen molar-refractivity contribution in [1.82, 2.24) is 4.98 Å². The van der Waals surface area contributed by atoms with E-state index in [0.717, 1.165) is 36.8 Å². The third-order valence-corrected chi connectivity index (χ3v) is 3.16. The van der Waals surface area contributed by atoms with Crippen molar-refractivity contribution in [2.45, 2.75) is 32.9 Å². The van der Waals surface area contributed by atoms with Crippen LogP contribution in [-0.2, 0) is 11.3 Å². The Morgan fingerprint density at radius 3 is 2.88 bits per heavy atom. The van der Waals surface area contributed by atoms with Crippen molar-refractivity contribution in [3.8, 4) is 0 Å². The number of nitrogens with two attached hydrogens (primary N) is 1. The largest absolute Gasteiger partial charge is 0.377 e. The topological polar surface area (TPSA) is 51.4 Å². The van der Waals surface area contributed by atoms with E-state index in [1.54, 1.807) is 0 Å². The van der Waals surface area contributed by atoms with Crippen LogP contribution in [0.4, 0.5) is 5.82 Å². The molecule has 4 heteroatoms. The molecule has 0 radical (unpaired) electrons. The number of pyridine rings is 1. The van der Waals surface area contributed by atoms with Gasteiger partial charge in [-0.15, -0.1) is 0 Å². The van der Waals surface area contributed by atoms with Crippen LogP contribution in [0.5, 0.6) is 0 Å². The molecule has 2 rings (SSSR count). The van der Waals surface area contributed by atoms with Gasteiger partial charge in [0.1, 0.15) is 5.82 Å². The van der Waals surface area contributed by atoms with Gasteiger partial charge in [-0.1, -0.05) is 0 Å². The van der Waals surface area contributed by atoms with E-state index in [0.29, 0.717) is 6.54 Å². The Kier molecular flexibility index (Phi) is 3.35. The van der Waals surface area contributed by atoms with Gasteiger partial charge in [0.2, 0.25) is 0 Å². The Hall–Kier alpha value is -1.13. The summed E-state index contributed by atoms with van der Waals surface area (Å²) in [5.41, 5.74) is 7.86. The number of aromatic nitrogens is 1. The highest BCUT2D eigenvalue weighted by atomic mass is 16.5. The Bertz CT molecular complexity index is 404. The van der Waals surface area contributed by atoms with Crippen LogP contribution in [0.15, 0.2) is 12.1 Å². The molecule has 0 amide bonds. The molecule has 17 heavy (non-hydrogen) atoms. The molecule has 1 aliphatic heterocycles. The lowest BCUT2D eigenvalue weighted by molar-refractivity contribution is 0.0639. The number of hydrogen-bond donors (Lipinski definition) is 1. The smallest absolute Gasteiger partial charge is 0.129 e. The molecule has 2 heterocycles. The summed E-state index contributed by atoms with van der Waals surface area (Å²) in [7, 11) is 0. The zero-order valence-electron chi connectivity index (χ0n) is 10.9. The summed E-state index contributed by atoms with van der Waals surface area (Å²) in [5.74, 6) is 1.01. The first-order valence-corrected chi connectivity index (χ1v) is 6.06. The lowest BCUT2D eigenvalue weighted by atomic mass is 10.0. The van der Waals surface area contributed by atoms with Crippen molar-refractivity contribution < 1.29 is 4.74 Å². The van der Waals surface area contributed by atoms with Crippen LogP contribution in [-0.4, -0.2) is 30.3 Å². The van der Waals surface area contributed by atoms with Crippen LogP contribution in [0.25, 0.3) is 0 Å². The highest BCUT2D eigenvalue weighted by Crippen LogP contribution is 2.26. The van der Waals surface area contributed by atoms with Crippen molar-refractivity contribution in [1.29, 1.82) is 0 Å². The third-order valence-electron chi connectivity index (χ3n) is 3.16. The Morgan fingerprint density at radius 2 is 2.24 bits per heavy atom. The second-order valence-electron chi connectivity index (χ2n) is 5.20. The zero-order valence-corrected chi connectivity index (χ0v) is 10.9. The molecule has 1 fully saturated rings. The molecule has 1 aromatic heterocycles. The van der Waals surface area contributed by atoms with Crippen molar-refractivity contribution in [3.63, 3.8) is 0 Å². The predicted octanol–water partition coefficient (Wildman–Crippen LogP) is 1.46. The minimum absolute atomic E-state index is 0.00902. The van der Waals surface area contributed by atoms with Gasteiger partial charge < -0.3 is 15.4 Å². The van der Waals surface area contributed by atoms with E-state index in [-0.39, 0.29) is 5.54 Å². The molecule has 0 saturated carbocycles. The number of morpholine rings is 1. The van der Waals surface area contributed by atoms with E-state index in [1.165, 1.54) is 0 Å². The maximum absolute atomic E-state index is 5.71. The molecule has 1 aromatic rings. The highest BCUT2D eigenvalue weighted by Gasteiger charge is 2.31. The first-order valence-electron chi connectivity index (χ1n) is 6.06. The van der Waals surface area contributed by atoms with E-state index in [1.807, 2.05) is 13.0 Å². The molecular formula is C13H21N3O. The summed E-state index contributed by atoms with van der Waals surface area (Å²) in [6, 6.07) is 4.12. The average Bonchev–Trinajstić information content (AvgIpc) is 2.27. The summed E-state index contributed by atoms with van der Waals surface area (Å²) < 4.78 is 5.53. The molecule has 0 aliphatic carbocycles. The first-order chi connectivity index (χ1) is 8.03. The van der Waals surface area contributed by atoms with Gasteiger partial charge in [-0.2, -0.15) is 0 Å². The normalized spacial score (nSPS) is 19.4. The van der Waals surface area contributed by atoms with Gasteiger partial charge >= 0.3 is 0 Å². The van der Waals surface area contributed by atoms with Gasteiger partial charge in [0.25, 0.3) is 0 Å². The molecule has 1 aliphatic rings. The average molecular weight is 235 g/mol. The van der Waals surface area contributed by atoms with Crippen molar-refractivity contribution >= 4 is 5.82 Å². The number of ether oxygens (including phenoxy) is 1. The third kappa shape index (κ3) is 2.58. The molecule has 0 spiro atoms. The standard InChI is InChI=1S/C13H21N3O/c1-10-6-11(8-14)7-12(15-10)16-4-5-17-9-13(16,2)3/h6-7H,4-5,8-9,14H2,1-3H3. The summed E-state index contributed by atoms with van der Waals surface area (Å²) >= 11 is 0. The van der Waals surface area contributed by atoms with Gasteiger partial charge in [0.15, 0.2) is 0 Å². The van der Waals surface area contributed by atoms with E-state index < -0.39 is 0 Å². The molecule has 4 nitrogen and oxygen atoms in total. The number of anilines is 1. The molecule has 0 unspecified atom stereocenters. The quantitative estimate of drug-likeness (QED) is 0.843. The highest BCUT2D eigenvalue weighted by molar-refractivity contribution is 5.45. The van der Waals surface area contributed by atoms with E-state index >= 15 is 0 Å². The number of rotatable bonds is 2. The second-order valence-corrected chi connectivity index (χ2v) is 5.20. The summed E-state index contributed by atoms with van der Waals surface area (Å²) in [4.78, 5) is 6.92. The lowest BCUT2D eigenvalue weighted by Crippen LogP contribution is -2.53. The summed E-state index contributed by atoms with van der Waals surface area (Å²) in [5, 5.41) is 0. The summed E-state index contributed by atoms with van der Waals surface area (Å²) in [6.07, 6.45) is 0. The fourth-order valence-electron chi connectivity index (χ4n) is 2.26. The Morgan fingerprint density at radius 1 is 1.47 bits per heavy atom. The van der Waals surface area contributed by atoms with Gasteiger partial charge in [0.05, 0.1) is 18.8 Å². The van der Waals surface area contributed by atoms with Crippen molar-refractivity contribution in [2.24, 2.45) is 5.73 Å². The Labute approximate surface area is 103 Å². The summed E-state index contributed by atoms with van der Waals surface area (Å²) in [6.45, 7) is 9.30. The van der Waals surface area contributed by atoms with Gasteiger partial charge in [0, 0.05) is 18.8 Å². The first kappa shape index (κ1) is 12.3. The molecule has 94 valence electrons. The SMILES string of the molecule is Cc1cc(CN)cc(N2CCOCC2(C)C)n1. The van der Waals surface area contributed by atoms with Crippen LogP contribution < -0.4 is 10.6 Å². The van der Waals surface area contributed by atoms with Crippen LogP contribution in [0.1, 0.15) is 25.1 Å². The molecule has 0 bridgehead atoms. The van der Waals surface area contributed by atoms with E-state index in [4.69, 9.17) is 10.5 Å². The molecule has 0 atom stereocenters. The number of nitrogens with zero attached hydrogens (tertiary/aromatic N) is 2. The van der Waals surface area contributed by atoms with E-state index in [9.17, 15) is 0 Å². The van der Waals surface area contributed by atoms with Crippen LogP contribution in [0.3, 0.4) is 0 Å². The van der Waals surface area contributed by atoms with Crippen LogP contribution >= 0.6 is 0 Å². The second kappa shape index (κ2) is 4.63. The maximum atomic E-state index is 5.71. The van der Waals surface area contributed by atoms with Crippen molar-refractivity contribution in [3.05, 3.63) is 23.4 Å². The molecule has 1 saturated heterocycles. The maximum Gasteiger partial charge on any atom is 0.129 e. The minimum atomic E-state index is -0.00902. The fraction of sp³-hybridized carbons (Fsp3) is 0.615. The molecule has 2 N–H and O–H groups in total. The lowest BCUT2D eigenvalue weighted by Gasteiger charge is -2.43. The molecular weight excluding hydrogens is 214 g/mol. The predicted molar refractivity (Wildman–Crippen MR) is 69.1 cm³/mol. The Balaban J connectivity index is 2.35. The van der Waals surface area contributed by atoms with Crippen molar-refractivity contribution in [2.75, 3.05) is 24.7 Å². The number of aryl methyl sites for hydroxylation is 1. The zero-order chi connectivity index (χ0) is 12.5. The van der Waals surface area contributed by atoms with Crippen LogP contribution in [0, 0.1) is 6.92 Å². The van der Waals surface area contributed by atoms with Crippen LogP contribution in [0.2, 0.25) is 0 Å². The van der Waals surface area contributed by atoms with E-state index in [2.05, 4.69) is 29.8 Å². The monoisotopic (exact) mass is 235 g/mol.